The molecule has 0 saturated heterocycles. The smallest absolute Gasteiger partial charge is 0.287 e. The van der Waals surface area contributed by atoms with E-state index in [4.69, 9.17) is 19.4 Å². The summed E-state index contributed by atoms with van der Waals surface area (Å²) >= 11 is 5.91. The highest BCUT2D eigenvalue weighted by Gasteiger charge is 2.29. The summed E-state index contributed by atoms with van der Waals surface area (Å²) in [5, 5.41) is 11.2. The Morgan fingerprint density at radius 1 is 1.33 bits per heavy atom. The third-order valence-corrected chi connectivity index (χ3v) is 3.81. The van der Waals surface area contributed by atoms with Crippen LogP contribution >= 0.6 is 11.6 Å². The molecule has 1 aliphatic carbocycles. The summed E-state index contributed by atoms with van der Waals surface area (Å²) in [4.78, 5) is 27.3. The number of benzene rings is 1. The van der Waals surface area contributed by atoms with E-state index in [9.17, 15) is 14.9 Å². The molecule has 21 heavy (non-hydrogen) atoms. The number of carbonyl (C=O) groups is 1. The summed E-state index contributed by atoms with van der Waals surface area (Å²) in [6.07, 6.45) is 2.20. The second kappa shape index (κ2) is 4.97. The van der Waals surface area contributed by atoms with E-state index in [1.165, 1.54) is 18.3 Å². The lowest BCUT2D eigenvalue weighted by Gasteiger charge is -2.06. The van der Waals surface area contributed by atoms with Gasteiger partial charge in [-0.15, -0.1) is 0 Å². The Morgan fingerprint density at radius 3 is 2.81 bits per heavy atom. The highest BCUT2D eigenvalue weighted by molar-refractivity contribution is 6.33. The van der Waals surface area contributed by atoms with Crippen LogP contribution in [-0.2, 0) is 12.8 Å². The van der Waals surface area contributed by atoms with Crippen molar-refractivity contribution in [1.29, 1.82) is 0 Å². The van der Waals surface area contributed by atoms with Crippen LogP contribution in [0.5, 0.6) is 0 Å². The van der Waals surface area contributed by atoms with Gasteiger partial charge in [-0.2, -0.15) is 0 Å². The van der Waals surface area contributed by atoms with Crippen molar-refractivity contribution in [3.63, 3.8) is 0 Å². The summed E-state index contributed by atoms with van der Waals surface area (Å²) in [5.41, 5.74) is 1.88. The first kappa shape index (κ1) is 13.8. The van der Waals surface area contributed by atoms with Crippen LogP contribution in [0.2, 0.25) is 5.02 Å². The van der Waals surface area contributed by atoms with Crippen molar-refractivity contribution in [2.45, 2.75) is 12.8 Å². The van der Waals surface area contributed by atoms with Crippen molar-refractivity contribution >= 4 is 36.4 Å². The fraction of sp³-hybridized carbons (Fsp3) is 0.143. The number of hydrogen-bond acceptors (Lipinski definition) is 4. The molecule has 1 aliphatic rings. The molecule has 0 aliphatic heterocycles. The van der Waals surface area contributed by atoms with Gasteiger partial charge >= 0.3 is 0 Å². The van der Waals surface area contributed by atoms with Gasteiger partial charge in [0.15, 0.2) is 0 Å². The van der Waals surface area contributed by atoms with Gasteiger partial charge in [0, 0.05) is 17.3 Å². The van der Waals surface area contributed by atoms with E-state index >= 15 is 0 Å². The van der Waals surface area contributed by atoms with Crippen molar-refractivity contribution in [1.82, 2.24) is 4.98 Å². The van der Waals surface area contributed by atoms with Crippen LogP contribution < -0.4 is 5.46 Å². The second-order valence-corrected chi connectivity index (χ2v) is 5.19. The highest BCUT2D eigenvalue weighted by atomic mass is 35.5. The van der Waals surface area contributed by atoms with Crippen molar-refractivity contribution in [2.24, 2.45) is 0 Å². The Bertz CT molecular complexity index is 792. The highest BCUT2D eigenvalue weighted by Crippen LogP contribution is 2.35. The SMILES string of the molecule is [B]c1cnc2c(c1)CCc1c(ccc(Cl)c1[N+](=O)[O-])C2=O. The number of nitrogens with zero attached hydrogens (tertiary/aromatic N) is 2. The molecule has 0 atom stereocenters. The first-order chi connectivity index (χ1) is 9.99. The van der Waals surface area contributed by atoms with Crippen LogP contribution in [-0.4, -0.2) is 23.5 Å². The second-order valence-electron chi connectivity index (χ2n) is 4.78. The zero-order valence-electron chi connectivity index (χ0n) is 10.8. The maximum Gasteiger partial charge on any atom is 0.291 e. The van der Waals surface area contributed by atoms with Gasteiger partial charge in [0.2, 0.25) is 5.78 Å². The van der Waals surface area contributed by atoms with Crippen molar-refractivity contribution < 1.29 is 9.72 Å². The maximum atomic E-state index is 12.6. The molecule has 0 fully saturated rings. The minimum atomic E-state index is -0.549. The van der Waals surface area contributed by atoms with Gasteiger partial charge in [-0.05, 0) is 30.5 Å². The molecule has 0 amide bonds. The van der Waals surface area contributed by atoms with Gasteiger partial charge < -0.3 is 0 Å². The first-order valence-electron chi connectivity index (χ1n) is 6.24. The van der Waals surface area contributed by atoms with Gasteiger partial charge in [0.1, 0.15) is 18.6 Å². The molecule has 0 N–H and O–H groups in total. The molecular weight excluding hydrogens is 290 g/mol. The number of hydrogen-bond donors (Lipinski definition) is 0. The Labute approximate surface area is 126 Å². The Balaban J connectivity index is 2.24. The average molecular weight is 298 g/mol. The largest absolute Gasteiger partial charge is 0.291 e. The number of halogens is 1. The lowest BCUT2D eigenvalue weighted by Crippen LogP contribution is -2.12. The number of ketones is 1. The number of nitro benzene ring substituents is 1. The number of rotatable bonds is 1. The fourth-order valence-corrected chi connectivity index (χ4v) is 2.83. The van der Waals surface area contributed by atoms with E-state index < -0.39 is 4.92 Å². The first-order valence-corrected chi connectivity index (χ1v) is 6.61. The molecule has 102 valence electrons. The molecule has 3 rings (SSSR count). The van der Waals surface area contributed by atoms with Crippen LogP contribution in [0.3, 0.4) is 0 Å². The Kier molecular flexibility index (Phi) is 3.25. The zero-order chi connectivity index (χ0) is 15.1. The van der Waals surface area contributed by atoms with Crippen molar-refractivity contribution in [3.8, 4) is 0 Å². The van der Waals surface area contributed by atoms with Crippen LogP contribution in [0, 0.1) is 10.1 Å². The van der Waals surface area contributed by atoms with Gasteiger partial charge in [-0.1, -0.05) is 23.1 Å². The summed E-state index contributed by atoms with van der Waals surface area (Å²) in [5.74, 6) is -0.336. The number of aromatic nitrogens is 1. The quantitative estimate of drug-likeness (QED) is 0.457. The number of pyridine rings is 1. The number of fused-ring (bicyclic) bond motifs is 2. The molecule has 2 aromatic rings. The lowest BCUT2D eigenvalue weighted by atomic mass is 9.94. The summed E-state index contributed by atoms with van der Waals surface area (Å²) < 4.78 is 0. The van der Waals surface area contributed by atoms with Gasteiger partial charge in [-0.25, -0.2) is 0 Å². The van der Waals surface area contributed by atoms with E-state index in [1.807, 2.05) is 0 Å². The average Bonchev–Trinajstić information content (AvgIpc) is 2.56. The minimum Gasteiger partial charge on any atom is -0.287 e. The summed E-state index contributed by atoms with van der Waals surface area (Å²) in [6.45, 7) is 0. The molecule has 7 heteroatoms. The van der Waals surface area contributed by atoms with Crippen LogP contribution in [0.25, 0.3) is 0 Å². The molecule has 1 heterocycles. The van der Waals surface area contributed by atoms with Gasteiger partial charge in [-0.3, -0.25) is 19.9 Å². The predicted octanol–water partition coefficient (Wildman–Crippen LogP) is 1.77. The number of carbonyl (C=O) groups excluding carboxylic acids is 1. The molecule has 0 bridgehead atoms. The molecule has 0 spiro atoms. The third-order valence-electron chi connectivity index (χ3n) is 3.51. The molecule has 5 nitrogen and oxygen atoms in total. The van der Waals surface area contributed by atoms with Gasteiger partial charge in [0.05, 0.1) is 4.92 Å². The summed E-state index contributed by atoms with van der Waals surface area (Å²) in [7, 11) is 5.68. The normalized spacial score (nSPS) is 13.3. The van der Waals surface area contributed by atoms with Crippen molar-refractivity contribution in [2.75, 3.05) is 0 Å². The number of nitro groups is 1. The fourth-order valence-electron chi connectivity index (χ4n) is 2.58. The van der Waals surface area contributed by atoms with E-state index in [2.05, 4.69) is 4.98 Å². The van der Waals surface area contributed by atoms with E-state index in [-0.39, 0.29) is 22.1 Å². The van der Waals surface area contributed by atoms with Crippen LogP contribution in [0.15, 0.2) is 24.4 Å². The van der Waals surface area contributed by atoms with Crippen molar-refractivity contribution in [3.05, 3.63) is 61.9 Å². The predicted molar refractivity (Wildman–Crippen MR) is 78.6 cm³/mol. The molecule has 1 aromatic carbocycles. The minimum absolute atomic E-state index is 0.0324. The third kappa shape index (κ3) is 2.21. The van der Waals surface area contributed by atoms with E-state index in [0.29, 0.717) is 35.1 Å². The maximum absolute atomic E-state index is 12.6. The van der Waals surface area contributed by atoms with Crippen LogP contribution in [0.1, 0.15) is 27.2 Å². The number of aryl methyl sites for hydroxylation is 1. The van der Waals surface area contributed by atoms with Gasteiger partial charge in [0.25, 0.3) is 5.69 Å². The van der Waals surface area contributed by atoms with Crippen LogP contribution in [0.4, 0.5) is 5.69 Å². The van der Waals surface area contributed by atoms with E-state index in [0.717, 1.165) is 0 Å². The molecule has 0 unspecified atom stereocenters. The molecule has 1 aromatic heterocycles. The van der Waals surface area contributed by atoms with E-state index in [1.54, 1.807) is 6.07 Å². The molecule has 2 radical (unpaired) electrons. The summed E-state index contributed by atoms with van der Waals surface area (Å²) in [6, 6.07) is 4.57. The Morgan fingerprint density at radius 2 is 2.10 bits per heavy atom. The molecular formula is C14H8BClN2O3. The topological polar surface area (TPSA) is 73.1 Å². The lowest BCUT2D eigenvalue weighted by molar-refractivity contribution is -0.385. The Hall–Kier alpha value is -2.21. The monoisotopic (exact) mass is 298 g/mol. The standard InChI is InChI=1S/C14H8BClN2O3/c15-8-5-7-1-2-9-10(14(19)12(7)17-6-8)3-4-11(16)13(9)18(20)21/h3-6H,1-2H2. The molecule has 0 saturated carbocycles. The zero-order valence-corrected chi connectivity index (χ0v) is 11.6.